The number of thioether (sulfide) groups is 1. The van der Waals surface area contributed by atoms with E-state index < -0.39 is 5.97 Å². The van der Waals surface area contributed by atoms with Crippen LogP contribution in [0.4, 0.5) is 0 Å². The number of carbonyl (C=O) groups is 2. The summed E-state index contributed by atoms with van der Waals surface area (Å²) in [5, 5.41) is 3.45. The Bertz CT molecular complexity index is 595. The van der Waals surface area contributed by atoms with Crippen molar-refractivity contribution < 1.29 is 19.1 Å². The van der Waals surface area contributed by atoms with Crippen LogP contribution in [0.15, 0.2) is 5.16 Å². The van der Waals surface area contributed by atoms with Gasteiger partial charge >= 0.3 is 5.97 Å². The summed E-state index contributed by atoms with van der Waals surface area (Å²) in [4.78, 5) is 32.3. The van der Waals surface area contributed by atoms with Gasteiger partial charge in [0.15, 0.2) is 11.8 Å². The number of esters is 1. The molecule has 0 spiro atoms. The molecule has 0 saturated carbocycles. The summed E-state index contributed by atoms with van der Waals surface area (Å²) in [5.74, 6) is -0.705. The summed E-state index contributed by atoms with van der Waals surface area (Å²) >= 11 is 1.49. The normalized spacial score (nSPS) is 16.7. The number of amides is 1. The molecule has 0 aliphatic carbocycles. The second-order valence-corrected chi connectivity index (χ2v) is 6.73. The number of aryl methyl sites for hydroxylation is 2. The minimum Gasteiger partial charge on any atom is -0.456 e. The van der Waals surface area contributed by atoms with Crippen molar-refractivity contribution in [3.05, 3.63) is 17.0 Å². The lowest BCUT2D eigenvalue weighted by molar-refractivity contribution is -0.148. The fourth-order valence-corrected chi connectivity index (χ4v) is 3.15. The molecule has 1 aliphatic rings. The van der Waals surface area contributed by atoms with Crippen LogP contribution in [-0.4, -0.2) is 54.0 Å². The Labute approximate surface area is 152 Å². The average Bonchev–Trinajstić information content (AvgIpc) is 3.10. The first-order chi connectivity index (χ1) is 12.0. The maximum atomic E-state index is 11.9. The first-order valence-electron chi connectivity index (χ1n) is 8.41. The van der Waals surface area contributed by atoms with E-state index in [9.17, 15) is 9.59 Å². The maximum absolute atomic E-state index is 11.9. The van der Waals surface area contributed by atoms with Gasteiger partial charge in [0.05, 0.1) is 6.10 Å². The third kappa shape index (κ3) is 6.28. The van der Waals surface area contributed by atoms with Crippen LogP contribution in [0.3, 0.4) is 0 Å². The molecule has 1 saturated heterocycles. The molecule has 8 heteroatoms. The number of hydrogen-bond acceptors (Lipinski definition) is 7. The predicted octanol–water partition coefficient (Wildman–Crippen LogP) is 1.59. The first-order valence-corrected chi connectivity index (χ1v) is 9.64. The van der Waals surface area contributed by atoms with Gasteiger partial charge in [-0.2, -0.15) is 0 Å². The van der Waals surface area contributed by atoms with Gasteiger partial charge in [-0.25, -0.2) is 9.97 Å². The lowest BCUT2D eigenvalue weighted by Crippen LogP contribution is -2.34. The topological polar surface area (TPSA) is 90.4 Å². The standard InChI is InChI=1S/C17H25N3O4S/c1-11-14(12(2)20-17(19-11)25-3)6-7-16(22)24-10-15(21)18-9-13-5-4-8-23-13/h13H,4-10H2,1-3H3,(H,18,21)/t13-/m0/s1. The van der Waals surface area contributed by atoms with Gasteiger partial charge in [0.2, 0.25) is 0 Å². The monoisotopic (exact) mass is 367 g/mol. The number of rotatable bonds is 8. The maximum Gasteiger partial charge on any atom is 0.306 e. The molecule has 2 heterocycles. The second kappa shape index (κ2) is 9.72. The van der Waals surface area contributed by atoms with Crippen LogP contribution in [0.1, 0.15) is 36.2 Å². The number of aromatic nitrogens is 2. The van der Waals surface area contributed by atoms with Crippen molar-refractivity contribution in [3.63, 3.8) is 0 Å². The number of ether oxygens (including phenoxy) is 2. The molecular formula is C17H25N3O4S. The summed E-state index contributed by atoms with van der Waals surface area (Å²) in [5.41, 5.74) is 2.70. The Morgan fingerprint density at radius 1 is 1.32 bits per heavy atom. The van der Waals surface area contributed by atoms with Crippen LogP contribution >= 0.6 is 11.8 Å². The Balaban J connectivity index is 1.70. The summed E-state index contributed by atoms with van der Waals surface area (Å²) in [6.07, 6.45) is 4.68. The Morgan fingerprint density at radius 3 is 2.64 bits per heavy atom. The molecule has 1 amide bonds. The van der Waals surface area contributed by atoms with Crippen LogP contribution < -0.4 is 5.32 Å². The molecule has 138 valence electrons. The van der Waals surface area contributed by atoms with Crippen molar-refractivity contribution in [2.75, 3.05) is 26.0 Å². The quantitative estimate of drug-likeness (QED) is 0.424. The number of carbonyl (C=O) groups excluding carboxylic acids is 2. The number of nitrogens with one attached hydrogen (secondary N) is 1. The lowest BCUT2D eigenvalue weighted by Gasteiger charge is -2.11. The fraction of sp³-hybridized carbons (Fsp3) is 0.647. The van der Waals surface area contributed by atoms with Crippen molar-refractivity contribution in [2.24, 2.45) is 0 Å². The molecule has 1 fully saturated rings. The van der Waals surface area contributed by atoms with Crippen LogP contribution in [0, 0.1) is 13.8 Å². The lowest BCUT2D eigenvalue weighted by atomic mass is 10.1. The van der Waals surface area contributed by atoms with Gasteiger partial charge in [-0.05, 0) is 44.9 Å². The van der Waals surface area contributed by atoms with E-state index in [1.165, 1.54) is 11.8 Å². The van der Waals surface area contributed by atoms with Crippen LogP contribution in [0.2, 0.25) is 0 Å². The average molecular weight is 367 g/mol. The highest BCUT2D eigenvalue weighted by Gasteiger charge is 2.17. The van der Waals surface area contributed by atoms with Crippen LogP contribution in [0.25, 0.3) is 0 Å². The Kier molecular flexibility index (Phi) is 7.64. The number of nitrogens with zero attached hydrogens (tertiary/aromatic N) is 2. The third-order valence-electron chi connectivity index (χ3n) is 4.08. The van der Waals surface area contributed by atoms with Gasteiger partial charge in [0, 0.05) is 31.0 Å². The summed E-state index contributed by atoms with van der Waals surface area (Å²) in [6.45, 7) is 4.77. The molecule has 1 aromatic heterocycles. The minimum absolute atomic E-state index is 0.0786. The van der Waals surface area contributed by atoms with Gasteiger partial charge in [-0.1, -0.05) is 11.8 Å². The highest BCUT2D eigenvalue weighted by atomic mass is 32.2. The van der Waals surface area contributed by atoms with E-state index >= 15 is 0 Å². The van der Waals surface area contributed by atoms with Crippen molar-refractivity contribution >= 4 is 23.6 Å². The fourth-order valence-electron chi connectivity index (χ4n) is 2.69. The van der Waals surface area contributed by atoms with Gasteiger partial charge in [-0.15, -0.1) is 0 Å². The second-order valence-electron chi connectivity index (χ2n) is 5.96. The van der Waals surface area contributed by atoms with Crippen molar-refractivity contribution in [2.45, 2.75) is 50.8 Å². The molecule has 0 radical (unpaired) electrons. The zero-order chi connectivity index (χ0) is 18.2. The molecule has 1 aromatic rings. The molecular weight excluding hydrogens is 342 g/mol. The van der Waals surface area contributed by atoms with Crippen molar-refractivity contribution in [3.8, 4) is 0 Å². The summed E-state index contributed by atoms with van der Waals surface area (Å²) in [6, 6.07) is 0. The minimum atomic E-state index is -0.403. The van der Waals surface area contributed by atoms with Gasteiger partial charge in [0.25, 0.3) is 5.91 Å². The van der Waals surface area contributed by atoms with Gasteiger partial charge in [-0.3, -0.25) is 9.59 Å². The van der Waals surface area contributed by atoms with E-state index in [0.29, 0.717) is 13.0 Å². The zero-order valence-electron chi connectivity index (χ0n) is 15.0. The molecule has 0 unspecified atom stereocenters. The van der Waals surface area contributed by atoms with E-state index in [1.807, 2.05) is 20.1 Å². The molecule has 25 heavy (non-hydrogen) atoms. The van der Waals surface area contributed by atoms with E-state index in [4.69, 9.17) is 9.47 Å². The third-order valence-corrected chi connectivity index (χ3v) is 4.62. The molecule has 0 aromatic carbocycles. The molecule has 2 rings (SSSR count). The van der Waals surface area contributed by atoms with E-state index in [2.05, 4.69) is 15.3 Å². The Morgan fingerprint density at radius 2 is 2.04 bits per heavy atom. The van der Waals surface area contributed by atoms with Gasteiger partial charge in [0.1, 0.15) is 0 Å². The molecule has 1 N–H and O–H groups in total. The van der Waals surface area contributed by atoms with Crippen molar-refractivity contribution in [1.82, 2.24) is 15.3 Å². The van der Waals surface area contributed by atoms with Crippen LogP contribution in [-0.2, 0) is 25.5 Å². The van der Waals surface area contributed by atoms with E-state index in [0.717, 1.165) is 41.6 Å². The van der Waals surface area contributed by atoms with Crippen molar-refractivity contribution in [1.29, 1.82) is 0 Å². The first kappa shape index (κ1) is 19.7. The zero-order valence-corrected chi connectivity index (χ0v) is 15.8. The molecule has 7 nitrogen and oxygen atoms in total. The summed E-state index contributed by atoms with van der Waals surface area (Å²) in [7, 11) is 0. The van der Waals surface area contributed by atoms with Gasteiger partial charge < -0.3 is 14.8 Å². The van der Waals surface area contributed by atoms with E-state index in [1.54, 1.807) is 0 Å². The SMILES string of the molecule is CSc1nc(C)c(CCC(=O)OCC(=O)NC[C@@H]2CCCO2)c(C)n1. The molecule has 1 atom stereocenters. The largest absolute Gasteiger partial charge is 0.456 e. The molecule has 0 bridgehead atoms. The smallest absolute Gasteiger partial charge is 0.306 e. The molecule has 1 aliphatic heterocycles. The highest BCUT2D eigenvalue weighted by Crippen LogP contribution is 2.17. The van der Waals surface area contributed by atoms with Crippen LogP contribution in [0.5, 0.6) is 0 Å². The predicted molar refractivity (Wildman–Crippen MR) is 94.6 cm³/mol. The highest BCUT2D eigenvalue weighted by molar-refractivity contribution is 7.98. The number of hydrogen-bond donors (Lipinski definition) is 1. The van der Waals surface area contributed by atoms with E-state index in [-0.39, 0.29) is 25.0 Å². The summed E-state index contributed by atoms with van der Waals surface area (Å²) < 4.78 is 10.4. The Hall–Kier alpha value is -1.67.